The lowest BCUT2D eigenvalue weighted by Gasteiger charge is -2.21. The minimum atomic E-state index is -3.60. The van der Waals surface area contributed by atoms with Gasteiger partial charge in [0.05, 0.1) is 27.4 Å². The zero-order valence-electron chi connectivity index (χ0n) is 20.3. The Balaban J connectivity index is 1.65. The Morgan fingerprint density at radius 3 is 2.31 bits per heavy atom. The number of fused-ring (bicyclic) bond motifs is 1. The first-order chi connectivity index (χ1) is 16.7. The average Bonchev–Trinajstić information content (AvgIpc) is 3.41. The number of nitrogens with zero attached hydrogens (tertiary/aromatic N) is 5. The molecule has 8 nitrogen and oxygen atoms in total. The summed E-state index contributed by atoms with van der Waals surface area (Å²) in [4.78, 5) is 20.2. The molecule has 35 heavy (non-hydrogen) atoms. The molecule has 2 aromatic carbocycles. The summed E-state index contributed by atoms with van der Waals surface area (Å²) in [7, 11) is -3.60. The predicted octanol–water partition coefficient (Wildman–Crippen LogP) is 4.49. The van der Waals surface area contributed by atoms with Crippen LogP contribution >= 0.6 is 11.3 Å². The second-order valence-electron chi connectivity index (χ2n) is 8.18. The minimum absolute atomic E-state index is 0.173. The molecule has 0 spiro atoms. The van der Waals surface area contributed by atoms with Gasteiger partial charge in [0.1, 0.15) is 0 Å². The third-order valence-corrected chi connectivity index (χ3v) is 8.97. The molecular formula is C25H29N5O3S2. The lowest BCUT2D eigenvalue weighted by molar-refractivity contribution is 0.0985. The molecule has 2 heterocycles. The fourth-order valence-electron chi connectivity index (χ4n) is 3.99. The van der Waals surface area contributed by atoms with E-state index in [1.54, 1.807) is 30.9 Å². The quantitative estimate of drug-likeness (QED) is 0.330. The van der Waals surface area contributed by atoms with Gasteiger partial charge < -0.3 is 0 Å². The third kappa shape index (κ3) is 5.14. The zero-order chi connectivity index (χ0) is 25.2. The lowest BCUT2D eigenvalue weighted by atomic mass is 10.2. The molecule has 0 bridgehead atoms. The van der Waals surface area contributed by atoms with Crippen molar-refractivity contribution in [1.82, 2.24) is 19.1 Å². The molecule has 0 fully saturated rings. The van der Waals surface area contributed by atoms with Crippen LogP contribution in [0.2, 0.25) is 0 Å². The maximum Gasteiger partial charge on any atom is 0.260 e. The average molecular weight is 512 g/mol. The molecule has 0 aliphatic carbocycles. The first-order valence-corrected chi connectivity index (χ1v) is 13.8. The van der Waals surface area contributed by atoms with E-state index in [1.807, 2.05) is 48.9 Å². The Morgan fingerprint density at radius 1 is 1.03 bits per heavy atom. The topological polar surface area (TPSA) is 88.4 Å². The number of para-hydroxylation sites is 1. The van der Waals surface area contributed by atoms with E-state index in [0.29, 0.717) is 36.9 Å². The summed E-state index contributed by atoms with van der Waals surface area (Å²) in [5, 5.41) is 5.11. The number of aromatic nitrogens is 3. The van der Waals surface area contributed by atoms with E-state index in [4.69, 9.17) is 4.98 Å². The Hall–Kier alpha value is -3.08. The zero-order valence-corrected chi connectivity index (χ0v) is 21.9. The van der Waals surface area contributed by atoms with Crippen molar-refractivity contribution in [2.24, 2.45) is 0 Å². The van der Waals surface area contributed by atoms with Crippen molar-refractivity contribution in [3.05, 3.63) is 71.5 Å². The SMILES string of the molecule is CCN(CC)S(=O)(=O)c1ccc(C(=O)N(CCn2nc(C)cc2C)c2nc3ccccc3s2)cc1. The molecule has 0 radical (unpaired) electrons. The van der Waals surface area contributed by atoms with Gasteiger partial charge in [-0.25, -0.2) is 13.4 Å². The van der Waals surface area contributed by atoms with Gasteiger partial charge in [0, 0.05) is 30.9 Å². The van der Waals surface area contributed by atoms with Crippen molar-refractivity contribution < 1.29 is 13.2 Å². The standard InChI is InChI=1S/C25H29N5O3S2/c1-5-28(6-2)35(32,33)21-13-11-20(12-14-21)24(31)29(15-16-30-19(4)17-18(3)27-30)25-26-22-9-7-8-10-23(22)34-25/h7-14,17H,5-6,15-16H2,1-4H3. The number of sulfonamides is 1. The number of benzene rings is 2. The van der Waals surface area contributed by atoms with Crippen molar-refractivity contribution in [2.75, 3.05) is 24.5 Å². The van der Waals surface area contributed by atoms with Crippen molar-refractivity contribution in [2.45, 2.75) is 39.1 Å². The van der Waals surface area contributed by atoms with Crippen LogP contribution in [0.15, 0.2) is 59.5 Å². The first-order valence-electron chi connectivity index (χ1n) is 11.5. The summed E-state index contributed by atoms with van der Waals surface area (Å²) >= 11 is 1.45. The van der Waals surface area contributed by atoms with Gasteiger partial charge in [-0.1, -0.05) is 37.3 Å². The van der Waals surface area contributed by atoms with Crippen LogP contribution in [0.3, 0.4) is 0 Å². The number of amides is 1. The molecule has 184 valence electrons. The van der Waals surface area contributed by atoms with Crippen LogP contribution in [0.25, 0.3) is 10.2 Å². The molecule has 0 atom stereocenters. The smallest absolute Gasteiger partial charge is 0.260 e. The molecule has 4 aromatic rings. The van der Waals surface area contributed by atoms with Crippen LogP contribution in [0.4, 0.5) is 5.13 Å². The molecule has 4 rings (SSSR count). The highest BCUT2D eigenvalue weighted by Crippen LogP contribution is 2.30. The van der Waals surface area contributed by atoms with Crippen LogP contribution < -0.4 is 4.90 Å². The van der Waals surface area contributed by atoms with E-state index in [2.05, 4.69) is 5.10 Å². The maximum atomic E-state index is 13.6. The van der Waals surface area contributed by atoms with E-state index in [-0.39, 0.29) is 10.8 Å². The largest absolute Gasteiger partial charge is 0.282 e. The first kappa shape index (κ1) is 25.0. The summed E-state index contributed by atoms with van der Waals surface area (Å²) in [6.07, 6.45) is 0. The number of thiazole rings is 1. The summed E-state index contributed by atoms with van der Waals surface area (Å²) in [5.74, 6) is -0.239. The maximum absolute atomic E-state index is 13.6. The van der Waals surface area contributed by atoms with Gasteiger partial charge in [0.15, 0.2) is 5.13 Å². The molecule has 0 aliphatic rings. The van der Waals surface area contributed by atoms with Crippen molar-refractivity contribution in [3.63, 3.8) is 0 Å². The molecule has 0 N–H and O–H groups in total. The Morgan fingerprint density at radius 2 is 1.71 bits per heavy atom. The molecular weight excluding hydrogens is 482 g/mol. The second kappa shape index (κ2) is 10.3. The van der Waals surface area contributed by atoms with Crippen LogP contribution in [0, 0.1) is 13.8 Å². The van der Waals surface area contributed by atoms with Crippen LogP contribution in [-0.2, 0) is 16.6 Å². The number of rotatable bonds is 9. The van der Waals surface area contributed by atoms with E-state index < -0.39 is 10.0 Å². The lowest BCUT2D eigenvalue weighted by Crippen LogP contribution is -2.34. The molecule has 0 saturated carbocycles. The van der Waals surface area contributed by atoms with E-state index in [9.17, 15) is 13.2 Å². The van der Waals surface area contributed by atoms with Gasteiger partial charge in [-0.05, 0) is 56.3 Å². The third-order valence-electron chi connectivity index (χ3n) is 5.84. The number of carbonyl (C=O) groups is 1. The van der Waals surface area contributed by atoms with Gasteiger partial charge in [-0.3, -0.25) is 14.4 Å². The number of hydrogen-bond donors (Lipinski definition) is 0. The van der Waals surface area contributed by atoms with Gasteiger partial charge in [0.25, 0.3) is 5.91 Å². The molecule has 0 saturated heterocycles. The summed E-state index contributed by atoms with van der Waals surface area (Å²) < 4.78 is 29.9. The monoisotopic (exact) mass is 511 g/mol. The Kier molecular flexibility index (Phi) is 7.34. The summed E-state index contributed by atoms with van der Waals surface area (Å²) in [5.41, 5.74) is 3.17. The van der Waals surface area contributed by atoms with E-state index in [1.165, 1.54) is 27.8 Å². The van der Waals surface area contributed by atoms with Crippen LogP contribution in [-0.4, -0.2) is 53.0 Å². The number of hydrogen-bond acceptors (Lipinski definition) is 6. The van der Waals surface area contributed by atoms with Crippen LogP contribution in [0.5, 0.6) is 0 Å². The molecule has 0 aliphatic heterocycles. The predicted molar refractivity (Wildman–Crippen MR) is 140 cm³/mol. The van der Waals surface area contributed by atoms with E-state index in [0.717, 1.165) is 21.6 Å². The second-order valence-corrected chi connectivity index (χ2v) is 11.1. The number of carbonyl (C=O) groups excluding carboxylic acids is 1. The Bertz CT molecular complexity index is 1400. The highest BCUT2D eigenvalue weighted by molar-refractivity contribution is 7.89. The summed E-state index contributed by atoms with van der Waals surface area (Å²) in [6, 6.07) is 15.9. The molecule has 0 unspecified atom stereocenters. The summed E-state index contributed by atoms with van der Waals surface area (Å²) in [6.45, 7) is 9.19. The minimum Gasteiger partial charge on any atom is -0.282 e. The molecule has 2 aromatic heterocycles. The van der Waals surface area contributed by atoms with Gasteiger partial charge in [-0.2, -0.15) is 9.40 Å². The fourth-order valence-corrected chi connectivity index (χ4v) is 6.44. The fraction of sp³-hybridized carbons (Fsp3) is 0.320. The Labute approximate surface area is 209 Å². The normalized spacial score (nSPS) is 11.9. The molecule has 1 amide bonds. The number of aryl methyl sites for hydroxylation is 2. The van der Waals surface area contributed by atoms with Gasteiger partial charge >= 0.3 is 0 Å². The van der Waals surface area contributed by atoms with Crippen molar-refractivity contribution in [3.8, 4) is 0 Å². The van der Waals surface area contributed by atoms with Gasteiger partial charge in [-0.15, -0.1) is 0 Å². The highest BCUT2D eigenvalue weighted by atomic mass is 32.2. The molecule has 10 heteroatoms. The van der Waals surface area contributed by atoms with Gasteiger partial charge in [0.2, 0.25) is 10.0 Å². The van der Waals surface area contributed by atoms with E-state index >= 15 is 0 Å². The van der Waals surface area contributed by atoms with Crippen molar-refractivity contribution in [1.29, 1.82) is 0 Å². The van der Waals surface area contributed by atoms with Crippen LogP contribution in [0.1, 0.15) is 35.6 Å². The highest BCUT2D eigenvalue weighted by Gasteiger charge is 2.24. The number of anilines is 1. The van der Waals surface area contributed by atoms with Crippen molar-refractivity contribution >= 4 is 42.6 Å².